The lowest BCUT2D eigenvalue weighted by Crippen LogP contribution is -2.10. The zero-order valence-corrected chi connectivity index (χ0v) is 13.4. The Morgan fingerprint density at radius 2 is 2.25 bits per heavy atom. The molecular formula is C12H8BrN3O2S2. The molecule has 1 aromatic carbocycles. The normalized spacial score (nSPS) is 10.9. The Labute approximate surface area is 130 Å². The van der Waals surface area contributed by atoms with Gasteiger partial charge in [-0.05, 0) is 30.5 Å². The van der Waals surface area contributed by atoms with Crippen LogP contribution in [0.1, 0.15) is 10.6 Å². The van der Waals surface area contributed by atoms with Crippen molar-refractivity contribution in [1.29, 1.82) is 0 Å². The fourth-order valence-electron chi connectivity index (χ4n) is 1.63. The third-order valence-electron chi connectivity index (χ3n) is 2.50. The molecule has 3 rings (SSSR count). The average Bonchev–Trinajstić information content (AvgIpc) is 3.04. The van der Waals surface area contributed by atoms with E-state index in [2.05, 4.69) is 31.4 Å². The van der Waals surface area contributed by atoms with Gasteiger partial charge in [0.05, 0.1) is 0 Å². The van der Waals surface area contributed by atoms with E-state index in [0.29, 0.717) is 10.7 Å². The van der Waals surface area contributed by atoms with Crippen LogP contribution in [0, 0.1) is 0 Å². The zero-order chi connectivity index (χ0) is 14.1. The van der Waals surface area contributed by atoms with Gasteiger partial charge in [0.2, 0.25) is 5.13 Å². The summed E-state index contributed by atoms with van der Waals surface area (Å²) in [5, 5.41) is 11.8. The Morgan fingerprint density at radius 1 is 1.40 bits per heavy atom. The van der Waals surface area contributed by atoms with Gasteiger partial charge in [0.25, 0.3) is 5.91 Å². The quantitative estimate of drug-likeness (QED) is 0.557. The molecule has 2 aromatic heterocycles. The van der Waals surface area contributed by atoms with Crippen molar-refractivity contribution in [1.82, 2.24) is 10.2 Å². The van der Waals surface area contributed by atoms with E-state index < -0.39 is 0 Å². The van der Waals surface area contributed by atoms with Gasteiger partial charge in [-0.15, -0.1) is 10.2 Å². The number of halogens is 1. The van der Waals surface area contributed by atoms with Crippen LogP contribution in [-0.4, -0.2) is 22.4 Å². The first-order valence-corrected chi connectivity index (χ1v) is 8.37. The van der Waals surface area contributed by atoms with E-state index in [1.54, 1.807) is 6.07 Å². The molecule has 0 unspecified atom stereocenters. The second-order valence-electron chi connectivity index (χ2n) is 3.82. The second-order valence-corrected chi connectivity index (χ2v) is 6.77. The third kappa shape index (κ3) is 2.72. The molecule has 20 heavy (non-hydrogen) atoms. The van der Waals surface area contributed by atoms with Gasteiger partial charge in [-0.1, -0.05) is 39.0 Å². The van der Waals surface area contributed by atoms with Crippen LogP contribution in [0.15, 0.2) is 37.5 Å². The number of carbonyl (C=O) groups excluding carboxylic acids is 1. The SMILES string of the molecule is CSc1nnc(NC(=O)c2cc3cc(Br)ccc3o2)s1. The number of nitrogens with zero attached hydrogens (tertiary/aromatic N) is 2. The first-order valence-electron chi connectivity index (χ1n) is 5.53. The number of thioether (sulfide) groups is 1. The first-order chi connectivity index (χ1) is 9.65. The largest absolute Gasteiger partial charge is 0.451 e. The van der Waals surface area contributed by atoms with Crippen LogP contribution in [-0.2, 0) is 0 Å². The summed E-state index contributed by atoms with van der Waals surface area (Å²) in [6, 6.07) is 7.27. The third-order valence-corrected chi connectivity index (χ3v) is 4.81. The Balaban J connectivity index is 1.84. The summed E-state index contributed by atoms with van der Waals surface area (Å²) in [6.07, 6.45) is 1.91. The lowest BCUT2D eigenvalue weighted by molar-refractivity contribution is 0.0998. The molecular weight excluding hydrogens is 362 g/mol. The molecule has 5 nitrogen and oxygen atoms in total. The number of rotatable bonds is 3. The molecule has 3 aromatic rings. The van der Waals surface area contributed by atoms with Crippen LogP contribution < -0.4 is 5.32 Å². The van der Waals surface area contributed by atoms with Crippen LogP contribution in [0.5, 0.6) is 0 Å². The van der Waals surface area contributed by atoms with Crippen molar-refractivity contribution in [3.8, 4) is 0 Å². The van der Waals surface area contributed by atoms with Crippen molar-refractivity contribution in [3.63, 3.8) is 0 Å². The summed E-state index contributed by atoms with van der Waals surface area (Å²) in [4.78, 5) is 12.1. The molecule has 1 amide bonds. The number of amides is 1. The average molecular weight is 370 g/mol. The van der Waals surface area contributed by atoms with Crippen LogP contribution in [0.2, 0.25) is 0 Å². The standard InChI is InChI=1S/C12H8BrN3O2S2/c1-19-12-16-15-11(20-12)14-10(17)9-5-6-4-7(13)2-3-8(6)18-9/h2-5H,1H3,(H,14,15,17). The van der Waals surface area contributed by atoms with E-state index in [1.807, 2.05) is 24.5 Å². The number of hydrogen-bond acceptors (Lipinski definition) is 6. The minimum absolute atomic E-state index is 0.249. The minimum Gasteiger partial charge on any atom is -0.451 e. The highest BCUT2D eigenvalue weighted by Gasteiger charge is 2.14. The zero-order valence-electron chi connectivity index (χ0n) is 10.2. The van der Waals surface area contributed by atoms with Gasteiger partial charge in [0.1, 0.15) is 5.58 Å². The molecule has 0 saturated heterocycles. The summed E-state index contributed by atoms with van der Waals surface area (Å²) in [5.41, 5.74) is 0.667. The smallest absolute Gasteiger partial charge is 0.293 e. The molecule has 0 bridgehead atoms. The van der Waals surface area contributed by atoms with Gasteiger partial charge < -0.3 is 4.42 Å². The fourth-order valence-corrected chi connectivity index (χ4v) is 3.17. The maximum Gasteiger partial charge on any atom is 0.293 e. The summed E-state index contributed by atoms with van der Waals surface area (Å²) in [7, 11) is 0. The molecule has 0 atom stereocenters. The van der Waals surface area contributed by atoms with Gasteiger partial charge in [-0.2, -0.15) is 0 Å². The van der Waals surface area contributed by atoms with Crippen molar-refractivity contribution in [3.05, 3.63) is 34.5 Å². The number of fused-ring (bicyclic) bond motifs is 1. The molecule has 0 radical (unpaired) electrons. The Kier molecular flexibility index (Phi) is 3.77. The van der Waals surface area contributed by atoms with E-state index in [1.165, 1.54) is 23.1 Å². The molecule has 8 heteroatoms. The van der Waals surface area contributed by atoms with E-state index in [0.717, 1.165) is 14.2 Å². The van der Waals surface area contributed by atoms with Crippen LogP contribution in [0.4, 0.5) is 5.13 Å². The number of aromatic nitrogens is 2. The van der Waals surface area contributed by atoms with E-state index in [-0.39, 0.29) is 11.7 Å². The number of anilines is 1. The van der Waals surface area contributed by atoms with Gasteiger partial charge in [0, 0.05) is 9.86 Å². The number of nitrogens with one attached hydrogen (secondary N) is 1. The van der Waals surface area contributed by atoms with Crippen molar-refractivity contribution < 1.29 is 9.21 Å². The summed E-state index contributed by atoms with van der Waals surface area (Å²) < 4.78 is 7.24. The highest BCUT2D eigenvalue weighted by Crippen LogP contribution is 2.26. The molecule has 0 spiro atoms. The highest BCUT2D eigenvalue weighted by molar-refractivity contribution is 9.10. The van der Waals surface area contributed by atoms with Crippen molar-refractivity contribution in [2.24, 2.45) is 0 Å². The fraction of sp³-hybridized carbons (Fsp3) is 0.0833. The summed E-state index contributed by atoms with van der Waals surface area (Å²) in [5.74, 6) is -0.0832. The number of hydrogen-bond donors (Lipinski definition) is 1. The summed E-state index contributed by atoms with van der Waals surface area (Å²) >= 11 is 6.19. The maximum atomic E-state index is 12.1. The van der Waals surface area contributed by atoms with E-state index in [9.17, 15) is 4.79 Å². The van der Waals surface area contributed by atoms with Crippen molar-refractivity contribution >= 4 is 61.0 Å². The van der Waals surface area contributed by atoms with Crippen LogP contribution in [0.25, 0.3) is 11.0 Å². The van der Waals surface area contributed by atoms with Gasteiger partial charge in [-0.3, -0.25) is 10.1 Å². The van der Waals surface area contributed by atoms with Crippen molar-refractivity contribution in [2.45, 2.75) is 4.34 Å². The monoisotopic (exact) mass is 369 g/mol. The number of furan rings is 1. The first kappa shape index (κ1) is 13.6. The predicted octanol–water partition coefficient (Wildman–Crippen LogP) is 4.02. The van der Waals surface area contributed by atoms with E-state index >= 15 is 0 Å². The lowest BCUT2D eigenvalue weighted by Gasteiger charge is -1.95. The second kappa shape index (κ2) is 5.55. The molecule has 0 aliphatic heterocycles. The highest BCUT2D eigenvalue weighted by atomic mass is 79.9. The lowest BCUT2D eigenvalue weighted by atomic mass is 10.2. The van der Waals surface area contributed by atoms with Gasteiger partial charge >= 0.3 is 0 Å². The van der Waals surface area contributed by atoms with Gasteiger partial charge in [0.15, 0.2) is 10.1 Å². The topological polar surface area (TPSA) is 68.0 Å². The molecule has 0 aliphatic rings. The summed E-state index contributed by atoms with van der Waals surface area (Å²) in [6.45, 7) is 0. The van der Waals surface area contributed by atoms with Crippen LogP contribution >= 0.6 is 39.0 Å². The van der Waals surface area contributed by atoms with E-state index in [4.69, 9.17) is 4.42 Å². The molecule has 0 saturated carbocycles. The molecule has 102 valence electrons. The predicted molar refractivity (Wildman–Crippen MR) is 83.6 cm³/mol. The number of benzene rings is 1. The Morgan fingerprint density at radius 3 is 3.00 bits per heavy atom. The van der Waals surface area contributed by atoms with Crippen LogP contribution in [0.3, 0.4) is 0 Å². The number of carbonyl (C=O) groups is 1. The Bertz CT molecular complexity index is 784. The molecule has 2 heterocycles. The molecule has 1 N–H and O–H groups in total. The van der Waals surface area contributed by atoms with Gasteiger partial charge in [-0.25, -0.2) is 0 Å². The van der Waals surface area contributed by atoms with Crippen molar-refractivity contribution in [2.75, 3.05) is 11.6 Å². The molecule has 0 aliphatic carbocycles. The Hall–Kier alpha value is -1.38. The minimum atomic E-state index is -0.332. The molecule has 0 fully saturated rings. The maximum absolute atomic E-state index is 12.1.